The number of hydrogen-bond donors (Lipinski definition) is 0. The van der Waals surface area contributed by atoms with E-state index in [0.717, 1.165) is 38.5 Å². The molecule has 0 aromatic heterocycles. The van der Waals surface area contributed by atoms with Crippen LogP contribution in [0.15, 0.2) is 0 Å². The van der Waals surface area contributed by atoms with E-state index in [0.29, 0.717) is 29.1 Å². The Morgan fingerprint density at radius 1 is 0.818 bits per heavy atom. The third-order valence-corrected chi connectivity index (χ3v) is 10.2. The normalized spacial score (nSPS) is 42.8. The lowest BCUT2D eigenvalue weighted by Gasteiger charge is -2.61. The van der Waals surface area contributed by atoms with Crippen molar-refractivity contribution in [2.75, 3.05) is 6.61 Å². The van der Waals surface area contributed by atoms with Crippen LogP contribution in [0.1, 0.15) is 92.4 Å². The molecule has 0 amide bonds. The SMILES string of the molecule is CC(=O)OC[C@@H](OC(C)=O)[C@H]1CC[C@H]2[C@@H]3CC[C@H]4C[C@@H](OC(C)=O)CC[C@]4(C)[C@H]3CC[C@]12C. The molecule has 0 bridgehead atoms. The number of ether oxygens (including phenoxy) is 3. The van der Waals surface area contributed by atoms with Gasteiger partial charge < -0.3 is 14.2 Å². The summed E-state index contributed by atoms with van der Waals surface area (Å²) in [6, 6.07) is 0. The molecule has 186 valence electrons. The van der Waals surface area contributed by atoms with E-state index in [1.165, 1.54) is 40.0 Å². The topological polar surface area (TPSA) is 78.9 Å². The average molecular weight is 463 g/mol. The first-order valence-electron chi connectivity index (χ1n) is 13.0. The molecule has 0 aromatic carbocycles. The summed E-state index contributed by atoms with van der Waals surface area (Å²) >= 11 is 0. The van der Waals surface area contributed by atoms with Gasteiger partial charge in [0, 0.05) is 26.7 Å². The summed E-state index contributed by atoms with van der Waals surface area (Å²) in [5.74, 6) is 2.13. The molecule has 9 atom stereocenters. The zero-order valence-electron chi connectivity index (χ0n) is 21.1. The van der Waals surface area contributed by atoms with Gasteiger partial charge in [-0.1, -0.05) is 13.8 Å². The van der Waals surface area contributed by atoms with Gasteiger partial charge in [0.2, 0.25) is 0 Å². The van der Waals surface area contributed by atoms with Gasteiger partial charge in [-0.2, -0.15) is 0 Å². The van der Waals surface area contributed by atoms with E-state index in [1.54, 1.807) is 0 Å². The average Bonchev–Trinajstić information content (AvgIpc) is 3.08. The van der Waals surface area contributed by atoms with Gasteiger partial charge in [0.1, 0.15) is 18.8 Å². The van der Waals surface area contributed by atoms with Crippen molar-refractivity contribution in [1.29, 1.82) is 0 Å². The van der Waals surface area contributed by atoms with Crippen molar-refractivity contribution in [3.8, 4) is 0 Å². The van der Waals surface area contributed by atoms with E-state index < -0.39 is 0 Å². The summed E-state index contributed by atoms with van der Waals surface area (Å²) in [7, 11) is 0. The number of carbonyl (C=O) groups is 3. The maximum absolute atomic E-state index is 11.8. The van der Waals surface area contributed by atoms with Crippen LogP contribution in [-0.2, 0) is 28.6 Å². The molecule has 33 heavy (non-hydrogen) atoms. The van der Waals surface area contributed by atoms with Crippen LogP contribution in [0, 0.1) is 40.4 Å². The molecule has 0 unspecified atom stereocenters. The van der Waals surface area contributed by atoms with Crippen LogP contribution in [-0.4, -0.2) is 36.7 Å². The van der Waals surface area contributed by atoms with Crippen LogP contribution in [0.4, 0.5) is 0 Å². The molecular weight excluding hydrogens is 420 g/mol. The van der Waals surface area contributed by atoms with Gasteiger partial charge in [0.25, 0.3) is 0 Å². The first kappa shape index (κ1) is 24.5. The predicted octanol–water partition coefficient (Wildman–Crippen LogP) is 5.07. The van der Waals surface area contributed by atoms with Gasteiger partial charge >= 0.3 is 17.9 Å². The molecule has 0 heterocycles. The molecule has 6 nitrogen and oxygen atoms in total. The van der Waals surface area contributed by atoms with Crippen molar-refractivity contribution in [1.82, 2.24) is 0 Å². The Morgan fingerprint density at radius 3 is 2.18 bits per heavy atom. The molecule has 4 aliphatic carbocycles. The maximum atomic E-state index is 11.8. The Balaban J connectivity index is 1.50. The van der Waals surface area contributed by atoms with E-state index in [9.17, 15) is 14.4 Å². The predicted molar refractivity (Wildman–Crippen MR) is 123 cm³/mol. The molecule has 6 heteroatoms. The van der Waals surface area contributed by atoms with Crippen LogP contribution < -0.4 is 0 Å². The third kappa shape index (κ3) is 4.55. The second-order valence-electron chi connectivity index (χ2n) is 11.8. The van der Waals surface area contributed by atoms with Crippen LogP contribution in [0.5, 0.6) is 0 Å². The molecule has 4 rings (SSSR count). The van der Waals surface area contributed by atoms with Gasteiger partial charge in [-0.05, 0) is 92.3 Å². The monoisotopic (exact) mass is 462 g/mol. The summed E-state index contributed by atoms with van der Waals surface area (Å²) in [6.07, 6.45) is 9.87. The zero-order valence-corrected chi connectivity index (χ0v) is 21.1. The van der Waals surface area contributed by atoms with Crippen molar-refractivity contribution in [3.05, 3.63) is 0 Å². The molecule has 4 fully saturated rings. The minimum absolute atomic E-state index is 0.0904. The second kappa shape index (κ2) is 9.22. The first-order valence-corrected chi connectivity index (χ1v) is 13.0. The molecule has 0 radical (unpaired) electrons. The van der Waals surface area contributed by atoms with Crippen molar-refractivity contribution in [2.45, 2.75) is 105 Å². The van der Waals surface area contributed by atoms with E-state index in [4.69, 9.17) is 14.2 Å². The molecule has 0 aromatic rings. The van der Waals surface area contributed by atoms with Crippen LogP contribution in [0.2, 0.25) is 0 Å². The Kier molecular flexibility index (Phi) is 6.85. The van der Waals surface area contributed by atoms with E-state index >= 15 is 0 Å². The van der Waals surface area contributed by atoms with Crippen LogP contribution in [0.3, 0.4) is 0 Å². The summed E-state index contributed by atoms with van der Waals surface area (Å²) in [5.41, 5.74) is 0.436. The highest BCUT2D eigenvalue weighted by Crippen LogP contribution is 2.68. The molecule has 0 spiro atoms. The fourth-order valence-corrected chi connectivity index (χ4v) is 8.86. The van der Waals surface area contributed by atoms with Gasteiger partial charge in [0.05, 0.1) is 0 Å². The number of hydrogen-bond acceptors (Lipinski definition) is 6. The minimum atomic E-state index is -0.357. The van der Waals surface area contributed by atoms with E-state index in [-0.39, 0.29) is 48.1 Å². The molecule has 4 saturated carbocycles. The lowest BCUT2D eigenvalue weighted by Crippen LogP contribution is -2.55. The third-order valence-electron chi connectivity index (χ3n) is 10.2. The van der Waals surface area contributed by atoms with Crippen LogP contribution in [0.25, 0.3) is 0 Å². The lowest BCUT2D eigenvalue weighted by atomic mass is 9.44. The standard InChI is InChI=1S/C27H42O6/c1-16(28)31-15-25(33-18(3)30)24-9-8-22-21-7-6-19-14-20(32-17(2)29)10-12-26(19,4)23(21)11-13-27(22,24)5/h19-25H,6-15H2,1-5H3/t19-,20-,21-,22-,23-,24+,25+,26-,27-/m0/s1. The molecule has 4 aliphatic rings. The van der Waals surface area contributed by atoms with Crippen LogP contribution >= 0.6 is 0 Å². The van der Waals surface area contributed by atoms with Crippen molar-refractivity contribution >= 4 is 17.9 Å². The highest BCUT2D eigenvalue weighted by Gasteiger charge is 2.61. The quantitative estimate of drug-likeness (QED) is 0.419. The lowest BCUT2D eigenvalue weighted by molar-refractivity contribution is -0.171. The van der Waals surface area contributed by atoms with Crippen molar-refractivity contribution < 1.29 is 28.6 Å². The zero-order chi connectivity index (χ0) is 24.0. The summed E-state index contributed by atoms with van der Waals surface area (Å²) in [5, 5.41) is 0. The van der Waals surface area contributed by atoms with Gasteiger partial charge in [-0.15, -0.1) is 0 Å². The van der Waals surface area contributed by atoms with Gasteiger partial charge in [-0.3, -0.25) is 14.4 Å². The molecule has 0 N–H and O–H groups in total. The van der Waals surface area contributed by atoms with Gasteiger partial charge in [0.15, 0.2) is 0 Å². The van der Waals surface area contributed by atoms with E-state index in [2.05, 4.69) is 13.8 Å². The summed E-state index contributed by atoms with van der Waals surface area (Å²) in [6.45, 7) is 9.45. The van der Waals surface area contributed by atoms with E-state index in [1.807, 2.05) is 0 Å². The largest absolute Gasteiger partial charge is 0.463 e. The highest BCUT2D eigenvalue weighted by atomic mass is 16.6. The Bertz CT molecular complexity index is 779. The van der Waals surface area contributed by atoms with Crippen molar-refractivity contribution in [3.63, 3.8) is 0 Å². The molecule has 0 saturated heterocycles. The Labute approximate surface area is 198 Å². The summed E-state index contributed by atoms with van der Waals surface area (Å²) < 4.78 is 16.6. The first-order chi connectivity index (χ1) is 15.5. The molecule has 0 aliphatic heterocycles. The summed E-state index contributed by atoms with van der Waals surface area (Å²) in [4.78, 5) is 34.8. The Morgan fingerprint density at radius 2 is 1.52 bits per heavy atom. The second-order valence-corrected chi connectivity index (χ2v) is 11.8. The van der Waals surface area contributed by atoms with Crippen molar-refractivity contribution in [2.24, 2.45) is 40.4 Å². The highest BCUT2D eigenvalue weighted by molar-refractivity contribution is 5.67. The number of rotatable bonds is 5. The van der Waals surface area contributed by atoms with Gasteiger partial charge in [-0.25, -0.2) is 0 Å². The smallest absolute Gasteiger partial charge is 0.303 e. The molecular formula is C27H42O6. The maximum Gasteiger partial charge on any atom is 0.303 e. The fourth-order valence-electron chi connectivity index (χ4n) is 8.86. The Hall–Kier alpha value is -1.59. The fraction of sp³-hybridized carbons (Fsp3) is 0.889. The number of carbonyl (C=O) groups excluding carboxylic acids is 3. The number of fused-ring (bicyclic) bond motifs is 5. The minimum Gasteiger partial charge on any atom is -0.463 e. The number of esters is 3.